The van der Waals surface area contributed by atoms with Gasteiger partial charge in [0.1, 0.15) is 18.2 Å². The molecule has 0 aromatic heterocycles. The summed E-state index contributed by atoms with van der Waals surface area (Å²) in [6.45, 7) is 4.66. The van der Waals surface area contributed by atoms with Crippen LogP contribution in [0.25, 0.3) is 0 Å². The minimum Gasteiger partial charge on any atom is -0.490 e. The SMILES string of the molecule is C=CCOc1ccc(CNc2c(Cl)cc(F)cc2Br)cc1. The average molecular weight is 371 g/mol. The number of hydrogen-bond acceptors (Lipinski definition) is 2. The molecule has 2 aromatic carbocycles. The molecule has 0 unspecified atom stereocenters. The zero-order valence-electron chi connectivity index (χ0n) is 11.2. The van der Waals surface area contributed by atoms with Gasteiger partial charge in [-0.05, 0) is 45.8 Å². The molecule has 0 saturated heterocycles. The average Bonchev–Trinajstić information content (AvgIpc) is 2.45. The van der Waals surface area contributed by atoms with Gasteiger partial charge in [-0.1, -0.05) is 36.4 Å². The predicted molar refractivity (Wildman–Crippen MR) is 88.6 cm³/mol. The topological polar surface area (TPSA) is 21.3 Å². The predicted octanol–water partition coefficient (Wildman–Crippen LogP) is 5.42. The zero-order valence-corrected chi connectivity index (χ0v) is 13.5. The first-order chi connectivity index (χ1) is 10.1. The van der Waals surface area contributed by atoms with Gasteiger partial charge in [-0.3, -0.25) is 0 Å². The van der Waals surface area contributed by atoms with E-state index < -0.39 is 0 Å². The first kappa shape index (κ1) is 15.9. The Kier molecular flexibility index (Phi) is 5.65. The van der Waals surface area contributed by atoms with Crippen LogP contribution in [-0.2, 0) is 6.54 Å². The molecule has 0 spiro atoms. The van der Waals surface area contributed by atoms with Crippen LogP contribution in [0.2, 0.25) is 5.02 Å². The lowest BCUT2D eigenvalue weighted by Crippen LogP contribution is -2.01. The second-order valence-corrected chi connectivity index (χ2v) is 5.60. The first-order valence-electron chi connectivity index (χ1n) is 6.31. The molecule has 5 heteroatoms. The zero-order chi connectivity index (χ0) is 15.2. The number of hydrogen-bond donors (Lipinski definition) is 1. The van der Waals surface area contributed by atoms with Crippen molar-refractivity contribution in [2.24, 2.45) is 0 Å². The summed E-state index contributed by atoms with van der Waals surface area (Å²) < 4.78 is 19.2. The summed E-state index contributed by atoms with van der Waals surface area (Å²) >= 11 is 9.32. The Morgan fingerprint density at radius 3 is 2.62 bits per heavy atom. The molecule has 2 nitrogen and oxygen atoms in total. The quantitative estimate of drug-likeness (QED) is 0.686. The number of nitrogens with one attached hydrogen (secondary N) is 1. The molecule has 0 aliphatic carbocycles. The van der Waals surface area contributed by atoms with Gasteiger partial charge in [-0.15, -0.1) is 0 Å². The van der Waals surface area contributed by atoms with Crippen molar-refractivity contribution in [2.45, 2.75) is 6.54 Å². The normalized spacial score (nSPS) is 10.2. The Hall–Kier alpha value is -1.52. The maximum atomic E-state index is 13.2. The van der Waals surface area contributed by atoms with Crippen LogP contribution in [0.4, 0.5) is 10.1 Å². The van der Waals surface area contributed by atoms with Crippen LogP contribution in [0.5, 0.6) is 5.75 Å². The van der Waals surface area contributed by atoms with Crippen LogP contribution in [0.1, 0.15) is 5.56 Å². The van der Waals surface area contributed by atoms with Crippen molar-refractivity contribution in [1.29, 1.82) is 0 Å². The van der Waals surface area contributed by atoms with Gasteiger partial charge in [0.25, 0.3) is 0 Å². The number of halogens is 3. The van der Waals surface area contributed by atoms with Gasteiger partial charge in [0.05, 0.1) is 10.7 Å². The van der Waals surface area contributed by atoms with Gasteiger partial charge in [0.2, 0.25) is 0 Å². The van der Waals surface area contributed by atoms with Crippen molar-refractivity contribution in [1.82, 2.24) is 0 Å². The lowest BCUT2D eigenvalue weighted by Gasteiger charge is -2.11. The Labute approximate surface area is 136 Å². The molecule has 0 atom stereocenters. The summed E-state index contributed by atoms with van der Waals surface area (Å²) in [5.74, 6) is 0.417. The fraction of sp³-hybridized carbons (Fsp3) is 0.125. The number of anilines is 1. The van der Waals surface area contributed by atoms with Gasteiger partial charge in [0.15, 0.2) is 0 Å². The number of ether oxygens (including phenoxy) is 1. The molecular formula is C16H14BrClFNO. The van der Waals surface area contributed by atoms with Crippen LogP contribution in [0.15, 0.2) is 53.5 Å². The third-order valence-corrected chi connectivity index (χ3v) is 3.69. The van der Waals surface area contributed by atoms with Crippen LogP contribution in [0.3, 0.4) is 0 Å². The summed E-state index contributed by atoms with van der Waals surface area (Å²) in [7, 11) is 0. The summed E-state index contributed by atoms with van der Waals surface area (Å²) in [4.78, 5) is 0. The highest BCUT2D eigenvalue weighted by atomic mass is 79.9. The molecule has 0 amide bonds. The second kappa shape index (κ2) is 7.48. The number of benzene rings is 2. The van der Waals surface area contributed by atoms with Crippen molar-refractivity contribution < 1.29 is 9.13 Å². The highest BCUT2D eigenvalue weighted by Gasteiger charge is 2.07. The molecule has 0 saturated carbocycles. The molecule has 0 radical (unpaired) electrons. The van der Waals surface area contributed by atoms with E-state index in [1.807, 2.05) is 24.3 Å². The highest BCUT2D eigenvalue weighted by Crippen LogP contribution is 2.32. The van der Waals surface area contributed by atoms with E-state index in [2.05, 4.69) is 27.8 Å². The lowest BCUT2D eigenvalue weighted by molar-refractivity contribution is 0.363. The van der Waals surface area contributed by atoms with Gasteiger partial charge in [-0.2, -0.15) is 0 Å². The maximum Gasteiger partial charge on any atom is 0.125 e. The number of rotatable bonds is 6. The lowest BCUT2D eigenvalue weighted by atomic mass is 10.2. The summed E-state index contributed by atoms with van der Waals surface area (Å²) in [6, 6.07) is 10.3. The van der Waals surface area contributed by atoms with Crippen molar-refractivity contribution in [3.05, 3.63) is 69.9 Å². The maximum absolute atomic E-state index is 13.2. The first-order valence-corrected chi connectivity index (χ1v) is 7.48. The van der Waals surface area contributed by atoms with E-state index in [0.717, 1.165) is 11.3 Å². The fourth-order valence-corrected chi connectivity index (χ4v) is 2.72. The van der Waals surface area contributed by atoms with Crippen LogP contribution in [-0.4, -0.2) is 6.61 Å². The van der Waals surface area contributed by atoms with E-state index in [9.17, 15) is 4.39 Å². The smallest absolute Gasteiger partial charge is 0.125 e. The Morgan fingerprint density at radius 1 is 1.29 bits per heavy atom. The molecule has 0 aliphatic heterocycles. The van der Waals surface area contributed by atoms with E-state index in [1.54, 1.807) is 6.08 Å². The van der Waals surface area contributed by atoms with Gasteiger partial charge < -0.3 is 10.1 Å². The molecule has 0 heterocycles. The summed E-state index contributed by atoms with van der Waals surface area (Å²) in [5, 5.41) is 3.53. The largest absolute Gasteiger partial charge is 0.490 e. The van der Waals surface area contributed by atoms with Crippen molar-refractivity contribution in [3.63, 3.8) is 0 Å². The van der Waals surface area contributed by atoms with E-state index in [4.69, 9.17) is 16.3 Å². The minimum absolute atomic E-state index is 0.341. The standard InChI is InChI=1S/C16H14BrClFNO/c1-2-7-21-13-5-3-11(4-6-13)10-20-16-14(17)8-12(19)9-15(16)18/h2-6,8-9,20H,1,7,10H2. The van der Waals surface area contributed by atoms with E-state index >= 15 is 0 Å². The molecule has 110 valence electrons. The Morgan fingerprint density at radius 2 is 2.00 bits per heavy atom. The van der Waals surface area contributed by atoms with Gasteiger partial charge in [0, 0.05) is 11.0 Å². The minimum atomic E-state index is -0.374. The Bertz CT molecular complexity index is 608. The molecular weight excluding hydrogens is 357 g/mol. The summed E-state index contributed by atoms with van der Waals surface area (Å²) in [6.07, 6.45) is 1.70. The second-order valence-electron chi connectivity index (χ2n) is 4.34. The van der Waals surface area contributed by atoms with E-state index in [1.165, 1.54) is 12.1 Å². The van der Waals surface area contributed by atoms with E-state index in [0.29, 0.717) is 28.3 Å². The molecule has 2 aromatic rings. The molecule has 0 bridgehead atoms. The van der Waals surface area contributed by atoms with Gasteiger partial charge in [-0.25, -0.2) is 4.39 Å². The molecule has 0 aliphatic rings. The third-order valence-electron chi connectivity index (χ3n) is 2.77. The fourth-order valence-electron chi connectivity index (χ4n) is 1.76. The van der Waals surface area contributed by atoms with Crippen molar-refractivity contribution in [3.8, 4) is 5.75 Å². The third kappa shape index (κ3) is 4.48. The van der Waals surface area contributed by atoms with Crippen LogP contribution in [0, 0.1) is 5.82 Å². The molecule has 21 heavy (non-hydrogen) atoms. The van der Waals surface area contributed by atoms with Gasteiger partial charge >= 0.3 is 0 Å². The molecule has 0 fully saturated rings. The van der Waals surface area contributed by atoms with E-state index in [-0.39, 0.29) is 5.82 Å². The summed E-state index contributed by atoms with van der Waals surface area (Å²) in [5.41, 5.74) is 1.73. The Balaban J connectivity index is 2.01. The monoisotopic (exact) mass is 369 g/mol. The van der Waals surface area contributed by atoms with Crippen molar-refractivity contribution in [2.75, 3.05) is 11.9 Å². The van der Waals surface area contributed by atoms with Crippen LogP contribution >= 0.6 is 27.5 Å². The molecule has 1 N–H and O–H groups in total. The van der Waals surface area contributed by atoms with Crippen molar-refractivity contribution >= 4 is 33.2 Å². The molecule has 2 rings (SSSR count). The highest BCUT2D eigenvalue weighted by molar-refractivity contribution is 9.10. The van der Waals surface area contributed by atoms with Crippen LogP contribution < -0.4 is 10.1 Å².